The summed E-state index contributed by atoms with van der Waals surface area (Å²) in [5.74, 6) is -0.300. The molecule has 194 valence electrons. The van der Waals surface area contributed by atoms with Crippen molar-refractivity contribution in [3.8, 4) is 5.69 Å². The summed E-state index contributed by atoms with van der Waals surface area (Å²) in [5.41, 5.74) is 6.49. The maximum Gasteiger partial charge on any atom is 0.325 e. The van der Waals surface area contributed by atoms with Gasteiger partial charge in [-0.05, 0) is 81.0 Å². The second kappa shape index (κ2) is 10.9. The number of aryl methyl sites for hydroxylation is 1. The van der Waals surface area contributed by atoms with E-state index >= 15 is 0 Å². The van der Waals surface area contributed by atoms with E-state index < -0.39 is 0 Å². The van der Waals surface area contributed by atoms with Crippen LogP contribution in [0.25, 0.3) is 5.69 Å². The molecule has 8 nitrogen and oxygen atoms in total. The Morgan fingerprint density at radius 1 is 1.14 bits per heavy atom. The van der Waals surface area contributed by atoms with E-state index in [2.05, 4.69) is 63.9 Å². The predicted molar refractivity (Wildman–Crippen MR) is 147 cm³/mol. The summed E-state index contributed by atoms with van der Waals surface area (Å²) in [6.07, 6.45) is 1.78. The molecule has 37 heavy (non-hydrogen) atoms. The lowest BCUT2D eigenvalue weighted by atomic mass is 9.97. The Morgan fingerprint density at radius 2 is 1.86 bits per heavy atom. The van der Waals surface area contributed by atoms with Gasteiger partial charge in [-0.15, -0.1) is 0 Å². The Kier molecular flexibility index (Phi) is 7.43. The maximum atomic E-state index is 12.5. The molecule has 1 aromatic carbocycles. The summed E-state index contributed by atoms with van der Waals surface area (Å²) in [5, 5.41) is 3.94. The molecule has 1 N–H and O–H groups in total. The zero-order chi connectivity index (χ0) is 25.9. The molecule has 4 heterocycles. The molecule has 3 aromatic rings. The zero-order valence-electron chi connectivity index (χ0n) is 21.5. The van der Waals surface area contributed by atoms with Crippen molar-refractivity contribution >= 4 is 29.0 Å². The highest BCUT2D eigenvalue weighted by molar-refractivity contribution is 7.80. The molecule has 0 radical (unpaired) electrons. The average molecular weight is 520 g/mol. The van der Waals surface area contributed by atoms with Gasteiger partial charge < -0.3 is 29.2 Å². The lowest BCUT2D eigenvalue weighted by Gasteiger charge is -2.29. The Balaban J connectivity index is 1.51. The van der Waals surface area contributed by atoms with E-state index in [4.69, 9.17) is 21.7 Å². The van der Waals surface area contributed by atoms with Crippen molar-refractivity contribution in [1.82, 2.24) is 19.8 Å². The number of nitrogens with one attached hydrogen (secondary N) is 1. The minimum atomic E-state index is -0.300. The van der Waals surface area contributed by atoms with Gasteiger partial charge >= 0.3 is 5.97 Å². The first-order chi connectivity index (χ1) is 18.0. The van der Waals surface area contributed by atoms with E-state index in [1.807, 2.05) is 30.0 Å². The third-order valence-electron chi connectivity index (χ3n) is 7.08. The van der Waals surface area contributed by atoms with Gasteiger partial charge in [0.05, 0.1) is 37.6 Å². The van der Waals surface area contributed by atoms with Crippen molar-refractivity contribution in [2.24, 2.45) is 0 Å². The largest absolute Gasteiger partial charge is 0.465 e. The first-order valence-electron chi connectivity index (χ1n) is 12.7. The number of aromatic nitrogens is 2. The highest BCUT2D eigenvalue weighted by Crippen LogP contribution is 2.41. The van der Waals surface area contributed by atoms with Gasteiger partial charge in [0.25, 0.3) is 0 Å². The van der Waals surface area contributed by atoms with Crippen LogP contribution in [0.4, 0.5) is 5.69 Å². The monoisotopic (exact) mass is 519 g/mol. The Bertz CT molecular complexity index is 1250. The fraction of sp³-hybridized carbons (Fsp3) is 0.393. The molecule has 0 bridgehead atoms. The summed E-state index contributed by atoms with van der Waals surface area (Å²) in [7, 11) is 0. The van der Waals surface area contributed by atoms with E-state index in [1.54, 1.807) is 6.20 Å². The number of hydrogen-bond acceptors (Lipinski definition) is 6. The molecule has 0 unspecified atom stereocenters. The van der Waals surface area contributed by atoms with Crippen LogP contribution in [0.1, 0.15) is 41.7 Å². The van der Waals surface area contributed by atoms with Crippen molar-refractivity contribution in [3.63, 3.8) is 0 Å². The number of carbonyl (C=O) groups is 1. The third kappa shape index (κ3) is 5.06. The lowest BCUT2D eigenvalue weighted by molar-refractivity contribution is -0.143. The smallest absolute Gasteiger partial charge is 0.325 e. The number of pyridine rings is 1. The molecule has 0 amide bonds. The Labute approximate surface area is 223 Å². The fourth-order valence-corrected chi connectivity index (χ4v) is 5.68. The number of hydrogen-bond donors (Lipinski definition) is 1. The van der Waals surface area contributed by atoms with E-state index in [9.17, 15) is 4.79 Å². The molecule has 2 atom stereocenters. The highest BCUT2D eigenvalue weighted by atomic mass is 32.1. The summed E-state index contributed by atoms with van der Waals surface area (Å²) in [6, 6.07) is 16.3. The standard InChI is InChI=1S/C28H33N5O3S/c1-4-36-25(34)18-32-27(26(30-28(32)37)24-7-5-6-12-29-24)23-17-19(2)33(20(23)3)22-10-8-21(9-11-22)31-13-15-35-16-14-31/h5-12,17,26-27H,4,13-16,18H2,1-3H3,(H,30,37)/t26-,27-/m1/s1. The lowest BCUT2D eigenvalue weighted by Crippen LogP contribution is -2.36. The fourth-order valence-electron chi connectivity index (χ4n) is 5.38. The highest BCUT2D eigenvalue weighted by Gasteiger charge is 2.42. The maximum absolute atomic E-state index is 12.5. The summed E-state index contributed by atoms with van der Waals surface area (Å²) >= 11 is 5.71. The normalized spacial score (nSPS) is 19.7. The van der Waals surface area contributed by atoms with Crippen molar-refractivity contribution < 1.29 is 14.3 Å². The molecule has 0 spiro atoms. The quantitative estimate of drug-likeness (QED) is 0.373. The van der Waals surface area contributed by atoms with Gasteiger partial charge in [0.1, 0.15) is 6.54 Å². The number of thiocarbonyl (C=S) groups is 1. The van der Waals surface area contributed by atoms with E-state index in [-0.39, 0.29) is 24.6 Å². The number of morpholine rings is 1. The van der Waals surface area contributed by atoms with Crippen LogP contribution in [-0.4, -0.2) is 65.0 Å². The molecule has 9 heteroatoms. The van der Waals surface area contributed by atoms with Crippen LogP contribution in [0.3, 0.4) is 0 Å². The molecule has 2 saturated heterocycles. The minimum absolute atomic E-state index is 0.0750. The number of nitrogens with zero attached hydrogens (tertiary/aromatic N) is 4. The van der Waals surface area contributed by atoms with Gasteiger partial charge in [0.15, 0.2) is 5.11 Å². The molecule has 0 saturated carbocycles. The van der Waals surface area contributed by atoms with E-state index in [0.29, 0.717) is 11.7 Å². The summed E-state index contributed by atoms with van der Waals surface area (Å²) in [4.78, 5) is 21.4. The van der Waals surface area contributed by atoms with Crippen LogP contribution in [0.2, 0.25) is 0 Å². The number of ether oxygens (including phenoxy) is 2. The van der Waals surface area contributed by atoms with Crippen molar-refractivity contribution in [3.05, 3.63) is 77.4 Å². The first-order valence-corrected chi connectivity index (χ1v) is 13.1. The molecule has 2 aromatic heterocycles. The van der Waals surface area contributed by atoms with Gasteiger partial charge in [-0.2, -0.15) is 0 Å². The predicted octanol–water partition coefficient (Wildman–Crippen LogP) is 3.86. The minimum Gasteiger partial charge on any atom is -0.465 e. The molecule has 0 aliphatic carbocycles. The zero-order valence-corrected chi connectivity index (χ0v) is 22.3. The van der Waals surface area contributed by atoms with E-state index in [0.717, 1.165) is 54.6 Å². The summed E-state index contributed by atoms with van der Waals surface area (Å²) in [6.45, 7) is 9.79. The van der Waals surface area contributed by atoms with Gasteiger partial charge in [0, 0.05) is 42.0 Å². The van der Waals surface area contributed by atoms with Crippen LogP contribution < -0.4 is 10.2 Å². The number of anilines is 1. The first kappa shape index (κ1) is 25.2. The molecular formula is C28H33N5O3S. The third-order valence-corrected chi connectivity index (χ3v) is 7.43. The molecule has 2 aliphatic rings. The number of carbonyl (C=O) groups excluding carboxylic acids is 1. The van der Waals surface area contributed by atoms with Crippen molar-refractivity contribution in [2.45, 2.75) is 32.9 Å². The van der Waals surface area contributed by atoms with Crippen LogP contribution in [-0.2, 0) is 14.3 Å². The number of esters is 1. The topological polar surface area (TPSA) is 71.9 Å². The Hall–Kier alpha value is -3.43. The van der Waals surface area contributed by atoms with Gasteiger partial charge in [-0.1, -0.05) is 6.07 Å². The molecule has 5 rings (SSSR count). The Morgan fingerprint density at radius 3 is 2.54 bits per heavy atom. The second-order valence-corrected chi connectivity index (χ2v) is 9.72. The van der Waals surface area contributed by atoms with Gasteiger partial charge in [-0.25, -0.2) is 0 Å². The van der Waals surface area contributed by atoms with Crippen LogP contribution >= 0.6 is 12.2 Å². The molecule has 2 aliphatic heterocycles. The average Bonchev–Trinajstić information content (AvgIpc) is 3.39. The number of benzene rings is 1. The SMILES string of the molecule is CCOC(=O)CN1C(=S)N[C@H](c2ccccn2)[C@H]1c1cc(C)n(-c2ccc(N3CCOCC3)cc2)c1C. The van der Waals surface area contributed by atoms with Gasteiger partial charge in [-0.3, -0.25) is 9.78 Å². The van der Waals surface area contributed by atoms with Crippen molar-refractivity contribution in [2.75, 3.05) is 44.4 Å². The molecule has 2 fully saturated rings. The van der Waals surface area contributed by atoms with Gasteiger partial charge in [0.2, 0.25) is 0 Å². The van der Waals surface area contributed by atoms with Crippen LogP contribution in [0.5, 0.6) is 0 Å². The van der Waals surface area contributed by atoms with Crippen molar-refractivity contribution in [1.29, 1.82) is 0 Å². The molecular weight excluding hydrogens is 486 g/mol. The van der Waals surface area contributed by atoms with E-state index in [1.165, 1.54) is 5.69 Å². The van der Waals surface area contributed by atoms with Crippen LogP contribution in [0, 0.1) is 13.8 Å². The number of rotatable bonds is 7. The van der Waals surface area contributed by atoms with Crippen LogP contribution in [0.15, 0.2) is 54.7 Å². The second-order valence-electron chi connectivity index (χ2n) is 9.34. The summed E-state index contributed by atoms with van der Waals surface area (Å²) < 4.78 is 13.0.